The fourth-order valence-electron chi connectivity index (χ4n) is 3.67. The van der Waals surface area contributed by atoms with Gasteiger partial charge in [-0.05, 0) is 28.8 Å². The average molecular weight is 363 g/mol. The van der Waals surface area contributed by atoms with Gasteiger partial charge in [-0.15, -0.1) is 0 Å². The lowest BCUT2D eigenvalue weighted by atomic mass is 9.98. The fraction of sp³-hybridized carbons (Fsp3) is 0. The summed E-state index contributed by atoms with van der Waals surface area (Å²) in [5, 5.41) is 11.0. The Hall–Kier alpha value is -3.50. The van der Waals surface area contributed by atoms with Crippen molar-refractivity contribution in [1.82, 2.24) is 0 Å². The van der Waals surface area contributed by atoms with Crippen LogP contribution in [0.2, 0.25) is 0 Å². The Morgan fingerprint density at radius 3 is 2.14 bits per heavy atom. The Bertz CT molecular complexity index is 1280. The number of furan rings is 1. The molecule has 0 aliphatic carbocycles. The van der Waals surface area contributed by atoms with Gasteiger partial charge < -0.3 is 14.1 Å². The standard InChI is InChI=1S/C24H16BO3/c26-25-28-22-14-6-13-21-20-12-5-11-19(23(20)27-24(21)22)18-10-4-9-17(15-18)16-7-2-1-3-8-16/h1-15,26H. The van der Waals surface area contributed by atoms with Crippen LogP contribution < -0.4 is 4.65 Å². The summed E-state index contributed by atoms with van der Waals surface area (Å²) in [6.45, 7) is 0. The molecule has 0 aliphatic rings. The quantitative estimate of drug-likeness (QED) is 0.409. The van der Waals surface area contributed by atoms with E-state index >= 15 is 0 Å². The maximum atomic E-state index is 9.04. The molecule has 0 spiro atoms. The molecule has 28 heavy (non-hydrogen) atoms. The van der Waals surface area contributed by atoms with Crippen LogP contribution in [-0.2, 0) is 0 Å². The molecule has 5 aromatic rings. The lowest BCUT2D eigenvalue weighted by molar-refractivity contribution is 0.451. The minimum atomic E-state index is 0.486. The Morgan fingerprint density at radius 2 is 1.32 bits per heavy atom. The van der Waals surface area contributed by atoms with Crippen molar-refractivity contribution in [3.05, 3.63) is 91.0 Å². The van der Waals surface area contributed by atoms with Crippen LogP contribution in [0.1, 0.15) is 0 Å². The molecule has 3 nitrogen and oxygen atoms in total. The Morgan fingerprint density at radius 1 is 0.643 bits per heavy atom. The lowest BCUT2D eigenvalue weighted by Gasteiger charge is -2.06. The van der Waals surface area contributed by atoms with Crippen molar-refractivity contribution in [3.63, 3.8) is 0 Å². The van der Waals surface area contributed by atoms with Gasteiger partial charge >= 0.3 is 7.69 Å². The minimum Gasteiger partial charge on any atom is -0.535 e. The summed E-state index contributed by atoms with van der Waals surface area (Å²) >= 11 is 0. The van der Waals surface area contributed by atoms with Crippen molar-refractivity contribution in [3.8, 4) is 28.0 Å². The molecule has 1 radical (unpaired) electrons. The van der Waals surface area contributed by atoms with E-state index in [9.17, 15) is 0 Å². The van der Waals surface area contributed by atoms with E-state index in [1.165, 1.54) is 5.56 Å². The van der Waals surface area contributed by atoms with Gasteiger partial charge in [-0.25, -0.2) is 0 Å². The third-order valence-electron chi connectivity index (χ3n) is 4.95. The Balaban J connectivity index is 1.72. The summed E-state index contributed by atoms with van der Waals surface area (Å²) < 4.78 is 11.4. The molecule has 0 aliphatic heterocycles. The molecule has 5 rings (SSSR count). The highest BCUT2D eigenvalue weighted by Crippen LogP contribution is 2.39. The summed E-state index contributed by atoms with van der Waals surface area (Å²) in [4.78, 5) is 0. The molecule has 4 aromatic carbocycles. The molecule has 4 heteroatoms. The Labute approximate surface area is 163 Å². The summed E-state index contributed by atoms with van der Waals surface area (Å²) in [5.74, 6) is 0.486. The molecule has 0 unspecified atom stereocenters. The van der Waals surface area contributed by atoms with Gasteiger partial charge in [0.2, 0.25) is 0 Å². The van der Waals surface area contributed by atoms with Crippen LogP contribution in [0.5, 0.6) is 5.75 Å². The van der Waals surface area contributed by atoms with E-state index in [2.05, 4.69) is 42.5 Å². The van der Waals surface area contributed by atoms with Crippen LogP contribution in [0.3, 0.4) is 0 Å². The fourth-order valence-corrected chi connectivity index (χ4v) is 3.67. The van der Waals surface area contributed by atoms with Crippen LogP contribution >= 0.6 is 0 Å². The summed E-state index contributed by atoms with van der Waals surface area (Å²) in [6, 6.07) is 30.6. The van der Waals surface area contributed by atoms with Crippen molar-refractivity contribution in [2.24, 2.45) is 0 Å². The molecular weight excluding hydrogens is 347 g/mol. The van der Waals surface area contributed by atoms with Gasteiger partial charge in [-0.3, -0.25) is 0 Å². The zero-order valence-electron chi connectivity index (χ0n) is 15.0. The van der Waals surface area contributed by atoms with Crippen LogP contribution in [0.25, 0.3) is 44.2 Å². The van der Waals surface area contributed by atoms with E-state index in [0.717, 1.165) is 33.0 Å². The second kappa shape index (κ2) is 6.91. The molecule has 1 N–H and O–H groups in total. The maximum Gasteiger partial charge on any atom is 0.569 e. The topological polar surface area (TPSA) is 42.6 Å². The van der Waals surface area contributed by atoms with E-state index in [-0.39, 0.29) is 0 Å². The van der Waals surface area contributed by atoms with E-state index < -0.39 is 0 Å². The van der Waals surface area contributed by atoms with E-state index in [4.69, 9.17) is 14.1 Å². The second-order valence-electron chi connectivity index (χ2n) is 6.59. The van der Waals surface area contributed by atoms with Crippen molar-refractivity contribution in [2.45, 2.75) is 0 Å². The lowest BCUT2D eigenvalue weighted by Crippen LogP contribution is -1.99. The first kappa shape index (κ1) is 16.7. The molecular formula is C24H16BO3. The molecule has 0 amide bonds. The van der Waals surface area contributed by atoms with Gasteiger partial charge in [0.05, 0.1) is 0 Å². The molecule has 0 fully saturated rings. The number of fused-ring (bicyclic) bond motifs is 3. The highest BCUT2D eigenvalue weighted by molar-refractivity contribution is 6.18. The molecule has 0 saturated heterocycles. The zero-order valence-corrected chi connectivity index (χ0v) is 15.0. The van der Waals surface area contributed by atoms with Crippen LogP contribution in [0.15, 0.2) is 95.4 Å². The molecule has 0 saturated carbocycles. The normalized spacial score (nSPS) is 11.0. The first-order valence-corrected chi connectivity index (χ1v) is 9.08. The van der Waals surface area contributed by atoms with Gasteiger partial charge in [0.15, 0.2) is 5.58 Å². The molecule has 133 valence electrons. The maximum absolute atomic E-state index is 9.04. The molecule has 0 bridgehead atoms. The van der Waals surface area contributed by atoms with Crippen LogP contribution in [0.4, 0.5) is 0 Å². The predicted octanol–water partition coefficient (Wildman–Crippen LogP) is 5.83. The second-order valence-corrected chi connectivity index (χ2v) is 6.59. The first-order valence-electron chi connectivity index (χ1n) is 9.08. The monoisotopic (exact) mass is 363 g/mol. The summed E-state index contributed by atoms with van der Waals surface area (Å²) in [5.41, 5.74) is 5.86. The van der Waals surface area contributed by atoms with Crippen LogP contribution in [0, 0.1) is 0 Å². The SMILES string of the molecule is O[B]Oc1cccc2c1oc1c(-c3cccc(-c4ccccc4)c3)cccc12. The minimum absolute atomic E-state index is 0.486. The van der Waals surface area contributed by atoms with Crippen molar-refractivity contribution in [2.75, 3.05) is 0 Å². The third kappa shape index (κ3) is 2.75. The molecule has 1 aromatic heterocycles. The van der Waals surface area contributed by atoms with Gasteiger partial charge in [-0.2, -0.15) is 0 Å². The Kier molecular flexibility index (Phi) is 4.11. The number of hydrogen-bond acceptors (Lipinski definition) is 3. The molecule has 1 heterocycles. The third-order valence-corrected chi connectivity index (χ3v) is 4.95. The van der Waals surface area contributed by atoms with Crippen LogP contribution in [-0.4, -0.2) is 12.7 Å². The summed E-state index contributed by atoms with van der Waals surface area (Å²) in [7, 11) is 0.673. The summed E-state index contributed by atoms with van der Waals surface area (Å²) in [6.07, 6.45) is 0. The predicted molar refractivity (Wildman–Crippen MR) is 113 cm³/mol. The van der Waals surface area contributed by atoms with E-state index in [1.807, 2.05) is 42.5 Å². The van der Waals surface area contributed by atoms with Crippen molar-refractivity contribution in [1.29, 1.82) is 0 Å². The number of para-hydroxylation sites is 2. The highest BCUT2D eigenvalue weighted by Gasteiger charge is 2.15. The average Bonchev–Trinajstić information content (AvgIpc) is 3.15. The largest absolute Gasteiger partial charge is 0.569 e. The van der Waals surface area contributed by atoms with Crippen molar-refractivity contribution < 1.29 is 14.1 Å². The van der Waals surface area contributed by atoms with Crippen molar-refractivity contribution >= 4 is 29.6 Å². The van der Waals surface area contributed by atoms with E-state index in [1.54, 1.807) is 6.07 Å². The van der Waals surface area contributed by atoms with Gasteiger partial charge in [-0.1, -0.05) is 78.9 Å². The molecule has 0 atom stereocenters. The number of rotatable bonds is 4. The van der Waals surface area contributed by atoms with Gasteiger partial charge in [0, 0.05) is 16.3 Å². The zero-order chi connectivity index (χ0) is 18.9. The van der Waals surface area contributed by atoms with Gasteiger partial charge in [0.25, 0.3) is 0 Å². The number of hydrogen-bond donors (Lipinski definition) is 1. The van der Waals surface area contributed by atoms with Gasteiger partial charge in [0.1, 0.15) is 11.3 Å². The smallest absolute Gasteiger partial charge is 0.535 e. The number of benzene rings is 4. The van der Waals surface area contributed by atoms with E-state index in [0.29, 0.717) is 19.0 Å². The first-order chi connectivity index (χ1) is 13.8. The highest BCUT2D eigenvalue weighted by atomic mass is 16.5.